The van der Waals surface area contributed by atoms with E-state index in [1.165, 1.54) is 57.5 Å². The van der Waals surface area contributed by atoms with Crippen LogP contribution in [0.5, 0.6) is 0 Å². The van der Waals surface area contributed by atoms with Crippen LogP contribution in [0.15, 0.2) is 24.5 Å². The van der Waals surface area contributed by atoms with Crippen LogP contribution in [-0.2, 0) is 0 Å². The minimum Gasteiger partial charge on any atom is -0.316 e. The molecule has 2 aliphatic heterocycles. The van der Waals surface area contributed by atoms with Crippen LogP contribution in [0.3, 0.4) is 0 Å². The first kappa shape index (κ1) is 18.7. The summed E-state index contributed by atoms with van der Waals surface area (Å²) in [6.07, 6.45) is 7.93. The molecule has 3 heterocycles. The van der Waals surface area contributed by atoms with E-state index in [9.17, 15) is 0 Å². The third kappa shape index (κ3) is 4.90. The zero-order chi connectivity index (χ0) is 15.4. The van der Waals surface area contributed by atoms with Crippen molar-refractivity contribution in [2.75, 3.05) is 46.8 Å². The summed E-state index contributed by atoms with van der Waals surface area (Å²) in [5, 5.41) is 3.53. The Balaban J connectivity index is 0.00000192. The standard InChI is InChI=1S/C18H30N4.ClH/c1-21(13-15-5-3-8-19-11-15)14-17-7-10-22(2)18(17)16-6-4-9-20-12-16;/h4,6,9,12,15,17-19H,3,5,7-8,10-11,13-14H2,1-2H3;1H/t15?,17-,18-;/m0./s1. The van der Waals surface area contributed by atoms with E-state index in [2.05, 4.69) is 46.3 Å². The molecule has 0 aliphatic carbocycles. The molecule has 0 radical (unpaired) electrons. The van der Waals surface area contributed by atoms with Gasteiger partial charge in [0.15, 0.2) is 0 Å². The quantitative estimate of drug-likeness (QED) is 0.893. The lowest BCUT2D eigenvalue weighted by Crippen LogP contribution is -2.39. The number of pyridine rings is 1. The van der Waals surface area contributed by atoms with Crippen LogP contribution in [0.1, 0.15) is 30.9 Å². The molecule has 4 nitrogen and oxygen atoms in total. The third-order valence-corrected chi connectivity index (χ3v) is 5.31. The second kappa shape index (κ2) is 8.97. The Hall–Kier alpha value is -0.680. The maximum absolute atomic E-state index is 4.32. The second-order valence-electron chi connectivity index (χ2n) is 7.19. The number of piperidine rings is 1. The lowest BCUT2D eigenvalue weighted by Gasteiger charge is -2.31. The molecule has 0 spiro atoms. The molecular formula is C18H31ClN4. The van der Waals surface area contributed by atoms with Crippen molar-refractivity contribution in [3.63, 3.8) is 0 Å². The molecule has 1 aromatic rings. The molecule has 23 heavy (non-hydrogen) atoms. The molecule has 0 saturated carbocycles. The zero-order valence-corrected chi connectivity index (χ0v) is 15.3. The number of aromatic nitrogens is 1. The molecule has 130 valence electrons. The van der Waals surface area contributed by atoms with E-state index < -0.39 is 0 Å². The molecule has 0 aromatic carbocycles. The van der Waals surface area contributed by atoms with Crippen molar-refractivity contribution >= 4 is 12.4 Å². The van der Waals surface area contributed by atoms with E-state index in [1.807, 2.05) is 12.4 Å². The third-order valence-electron chi connectivity index (χ3n) is 5.31. The van der Waals surface area contributed by atoms with Gasteiger partial charge in [0.05, 0.1) is 0 Å². The summed E-state index contributed by atoms with van der Waals surface area (Å²) in [6.45, 7) is 6.02. The summed E-state index contributed by atoms with van der Waals surface area (Å²) < 4.78 is 0. The van der Waals surface area contributed by atoms with E-state index >= 15 is 0 Å². The van der Waals surface area contributed by atoms with Crippen LogP contribution in [-0.4, -0.2) is 61.6 Å². The highest BCUT2D eigenvalue weighted by atomic mass is 35.5. The van der Waals surface area contributed by atoms with Gasteiger partial charge >= 0.3 is 0 Å². The highest BCUT2D eigenvalue weighted by Crippen LogP contribution is 2.36. The van der Waals surface area contributed by atoms with Crippen molar-refractivity contribution in [2.24, 2.45) is 11.8 Å². The molecule has 0 amide bonds. The van der Waals surface area contributed by atoms with E-state index in [-0.39, 0.29) is 12.4 Å². The van der Waals surface area contributed by atoms with Gasteiger partial charge in [0.2, 0.25) is 0 Å². The van der Waals surface area contributed by atoms with Gasteiger partial charge in [0.25, 0.3) is 0 Å². The van der Waals surface area contributed by atoms with Gasteiger partial charge in [-0.15, -0.1) is 12.4 Å². The average Bonchev–Trinajstić information content (AvgIpc) is 2.89. The maximum Gasteiger partial charge on any atom is 0.0401 e. The topological polar surface area (TPSA) is 31.4 Å². The normalized spacial score (nSPS) is 28.7. The van der Waals surface area contributed by atoms with Crippen molar-refractivity contribution < 1.29 is 0 Å². The fourth-order valence-electron chi connectivity index (χ4n) is 4.29. The second-order valence-corrected chi connectivity index (χ2v) is 7.19. The summed E-state index contributed by atoms with van der Waals surface area (Å²) in [7, 11) is 4.55. The van der Waals surface area contributed by atoms with Crippen molar-refractivity contribution in [1.29, 1.82) is 0 Å². The first-order chi connectivity index (χ1) is 10.7. The molecule has 2 saturated heterocycles. The highest BCUT2D eigenvalue weighted by Gasteiger charge is 2.33. The first-order valence-corrected chi connectivity index (χ1v) is 8.73. The molecular weight excluding hydrogens is 308 g/mol. The molecule has 3 rings (SSSR count). The van der Waals surface area contributed by atoms with Crippen LogP contribution in [0.4, 0.5) is 0 Å². The Morgan fingerprint density at radius 2 is 2.22 bits per heavy atom. The van der Waals surface area contributed by atoms with E-state index in [4.69, 9.17) is 0 Å². The smallest absolute Gasteiger partial charge is 0.0401 e. The Morgan fingerprint density at radius 1 is 1.35 bits per heavy atom. The van der Waals surface area contributed by atoms with Gasteiger partial charge in [0.1, 0.15) is 0 Å². The summed E-state index contributed by atoms with van der Waals surface area (Å²) in [6, 6.07) is 4.83. The van der Waals surface area contributed by atoms with Gasteiger partial charge in [-0.1, -0.05) is 6.07 Å². The van der Waals surface area contributed by atoms with E-state index in [0.29, 0.717) is 6.04 Å². The van der Waals surface area contributed by atoms with E-state index in [1.54, 1.807) is 0 Å². The van der Waals surface area contributed by atoms with Gasteiger partial charge in [-0.3, -0.25) is 9.88 Å². The lowest BCUT2D eigenvalue weighted by atomic mass is 9.93. The highest BCUT2D eigenvalue weighted by molar-refractivity contribution is 5.85. The van der Waals surface area contributed by atoms with Gasteiger partial charge in [0, 0.05) is 31.5 Å². The van der Waals surface area contributed by atoms with Crippen molar-refractivity contribution in [2.45, 2.75) is 25.3 Å². The Morgan fingerprint density at radius 3 is 2.91 bits per heavy atom. The Labute approximate surface area is 147 Å². The van der Waals surface area contributed by atoms with Crippen LogP contribution >= 0.6 is 12.4 Å². The summed E-state index contributed by atoms with van der Waals surface area (Å²) in [5.74, 6) is 1.55. The van der Waals surface area contributed by atoms with Crippen LogP contribution in [0.25, 0.3) is 0 Å². The van der Waals surface area contributed by atoms with Crippen molar-refractivity contribution in [3.05, 3.63) is 30.1 Å². The van der Waals surface area contributed by atoms with Gasteiger partial charge in [-0.05, 0) is 76.5 Å². The zero-order valence-electron chi connectivity index (χ0n) is 14.4. The molecule has 5 heteroatoms. The molecule has 1 N–H and O–H groups in total. The van der Waals surface area contributed by atoms with Gasteiger partial charge < -0.3 is 10.2 Å². The first-order valence-electron chi connectivity index (χ1n) is 8.73. The fourth-order valence-corrected chi connectivity index (χ4v) is 4.29. The van der Waals surface area contributed by atoms with Crippen LogP contribution < -0.4 is 5.32 Å². The summed E-state index contributed by atoms with van der Waals surface area (Å²) >= 11 is 0. The number of nitrogens with zero attached hydrogens (tertiary/aromatic N) is 3. The molecule has 2 aliphatic rings. The number of nitrogens with one attached hydrogen (secondary N) is 1. The van der Waals surface area contributed by atoms with Crippen molar-refractivity contribution in [1.82, 2.24) is 20.1 Å². The van der Waals surface area contributed by atoms with E-state index in [0.717, 1.165) is 11.8 Å². The summed E-state index contributed by atoms with van der Waals surface area (Å²) in [4.78, 5) is 9.38. The monoisotopic (exact) mass is 338 g/mol. The number of likely N-dealkylation sites (tertiary alicyclic amines) is 1. The van der Waals surface area contributed by atoms with Gasteiger partial charge in [-0.25, -0.2) is 0 Å². The van der Waals surface area contributed by atoms with Crippen LogP contribution in [0, 0.1) is 11.8 Å². The van der Waals surface area contributed by atoms with Gasteiger partial charge in [-0.2, -0.15) is 0 Å². The predicted molar refractivity (Wildman–Crippen MR) is 98.1 cm³/mol. The number of hydrogen-bond acceptors (Lipinski definition) is 4. The number of hydrogen-bond donors (Lipinski definition) is 1. The maximum atomic E-state index is 4.32. The molecule has 1 aromatic heterocycles. The Kier molecular flexibility index (Phi) is 7.28. The number of halogens is 1. The molecule has 0 bridgehead atoms. The SMILES string of the molecule is CN(CC1CCCNC1)C[C@@H]1CCN(C)[C@H]1c1cccnc1.Cl. The average molecular weight is 339 g/mol. The number of rotatable bonds is 5. The predicted octanol–water partition coefficient (Wildman–Crippen LogP) is 2.43. The van der Waals surface area contributed by atoms with Crippen LogP contribution in [0.2, 0.25) is 0 Å². The molecule has 2 fully saturated rings. The molecule has 1 unspecified atom stereocenters. The summed E-state index contributed by atoms with van der Waals surface area (Å²) in [5.41, 5.74) is 1.38. The fraction of sp³-hybridized carbons (Fsp3) is 0.722. The van der Waals surface area contributed by atoms with Crippen molar-refractivity contribution in [3.8, 4) is 0 Å². The molecule has 3 atom stereocenters. The Bertz CT molecular complexity index is 450. The minimum atomic E-state index is 0. The minimum absolute atomic E-state index is 0. The largest absolute Gasteiger partial charge is 0.316 e. The lowest BCUT2D eigenvalue weighted by molar-refractivity contribution is 0.188.